The fraction of sp³-hybridized carbons (Fsp3) is 0.647. The number of nitrogens with one attached hydrogen (secondary N) is 1. The molecule has 1 aromatic carbocycles. The quantitative estimate of drug-likeness (QED) is 0.840. The third-order valence-electron chi connectivity index (χ3n) is 4.25. The molecule has 0 radical (unpaired) electrons. The average Bonchev–Trinajstić information content (AvgIpc) is 2.45. The van der Waals surface area contributed by atoms with Gasteiger partial charge in [-0.3, -0.25) is 0 Å². The second-order valence-electron chi connectivity index (χ2n) is 6.01. The van der Waals surface area contributed by atoms with Crippen molar-refractivity contribution in [3.8, 4) is 5.75 Å². The second kappa shape index (κ2) is 7.65. The van der Waals surface area contributed by atoms with Gasteiger partial charge in [-0.1, -0.05) is 38.0 Å². The van der Waals surface area contributed by atoms with E-state index in [9.17, 15) is 5.11 Å². The molecule has 20 heavy (non-hydrogen) atoms. The lowest BCUT2D eigenvalue weighted by molar-refractivity contribution is 0.0982. The summed E-state index contributed by atoms with van der Waals surface area (Å²) in [7, 11) is 0. The van der Waals surface area contributed by atoms with Crippen LogP contribution in [0.2, 0.25) is 0 Å². The Kier molecular flexibility index (Phi) is 5.86. The lowest BCUT2D eigenvalue weighted by Crippen LogP contribution is -2.42. The fourth-order valence-corrected chi connectivity index (χ4v) is 2.87. The van der Waals surface area contributed by atoms with E-state index in [1.165, 1.54) is 25.7 Å². The van der Waals surface area contributed by atoms with Crippen LogP contribution in [0, 0.1) is 12.8 Å². The first-order valence-corrected chi connectivity index (χ1v) is 7.76. The minimum Gasteiger partial charge on any atom is -0.491 e. The number of hydrogen-bond acceptors (Lipinski definition) is 3. The smallest absolute Gasteiger partial charge is 0.122 e. The van der Waals surface area contributed by atoms with E-state index in [1.54, 1.807) is 0 Å². The summed E-state index contributed by atoms with van der Waals surface area (Å²) < 4.78 is 5.68. The number of benzene rings is 1. The van der Waals surface area contributed by atoms with E-state index in [4.69, 9.17) is 4.74 Å². The van der Waals surface area contributed by atoms with Crippen LogP contribution in [-0.4, -0.2) is 30.4 Å². The number of aliphatic hydroxyl groups excluding tert-OH is 1. The number of rotatable bonds is 6. The highest BCUT2D eigenvalue weighted by Crippen LogP contribution is 2.23. The van der Waals surface area contributed by atoms with Gasteiger partial charge in [-0.2, -0.15) is 0 Å². The minimum absolute atomic E-state index is 0.346. The molecule has 3 unspecified atom stereocenters. The minimum atomic E-state index is -0.455. The highest BCUT2D eigenvalue weighted by molar-refractivity contribution is 5.31. The van der Waals surface area contributed by atoms with Crippen molar-refractivity contribution in [1.29, 1.82) is 0 Å². The van der Waals surface area contributed by atoms with Crippen molar-refractivity contribution in [3.05, 3.63) is 29.8 Å². The summed E-state index contributed by atoms with van der Waals surface area (Å²) in [5, 5.41) is 13.5. The van der Waals surface area contributed by atoms with Crippen LogP contribution >= 0.6 is 0 Å². The largest absolute Gasteiger partial charge is 0.491 e. The average molecular weight is 277 g/mol. The monoisotopic (exact) mass is 277 g/mol. The maximum Gasteiger partial charge on any atom is 0.122 e. The van der Waals surface area contributed by atoms with Gasteiger partial charge < -0.3 is 15.2 Å². The van der Waals surface area contributed by atoms with E-state index >= 15 is 0 Å². The lowest BCUT2D eigenvalue weighted by Gasteiger charge is -2.30. The zero-order chi connectivity index (χ0) is 14.4. The third kappa shape index (κ3) is 4.50. The van der Waals surface area contributed by atoms with E-state index in [2.05, 4.69) is 12.2 Å². The van der Waals surface area contributed by atoms with Gasteiger partial charge >= 0.3 is 0 Å². The van der Waals surface area contributed by atoms with Gasteiger partial charge in [0.05, 0.1) is 0 Å². The topological polar surface area (TPSA) is 41.5 Å². The first kappa shape index (κ1) is 15.3. The Morgan fingerprint density at radius 1 is 1.30 bits per heavy atom. The summed E-state index contributed by atoms with van der Waals surface area (Å²) in [6.45, 7) is 5.27. The van der Waals surface area contributed by atoms with Crippen LogP contribution in [0.5, 0.6) is 5.75 Å². The molecule has 1 saturated carbocycles. The van der Waals surface area contributed by atoms with Crippen LogP contribution in [0.15, 0.2) is 24.3 Å². The molecular formula is C17H27NO2. The predicted octanol–water partition coefficient (Wildman–Crippen LogP) is 2.90. The zero-order valence-electron chi connectivity index (χ0n) is 12.6. The van der Waals surface area contributed by atoms with Crippen LogP contribution in [0.25, 0.3) is 0 Å². The Bertz CT molecular complexity index is 408. The molecule has 3 nitrogen and oxygen atoms in total. The van der Waals surface area contributed by atoms with Crippen molar-refractivity contribution in [1.82, 2.24) is 5.32 Å². The molecule has 2 N–H and O–H groups in total. The highest BCUT2D eigenvalue weighted by atomic mass is 16.5. The first-order valence-electron chi connectivity index (χ1n) is 7.76. The Morgan fingerprint density at radius 2 is 2.05 bits per heavy atom. The van der Waals surface area contributed by atoms with Gasteiger partial charge in [-0.05, 0) is 37.3 Å². The number of hydrogen-bond donors (Lipinski definition) is 2. The fourth-order valence-electron chi connectivity index (χ4n) is 2.87. The number of ether oxygens (including phenoxy) is 1. The molecule has 1 aliphatic rings. The van der Waals surface area contributed by atoms with Gasteiger partial charge in [-0.25, -0.2) is 0 Å². The van der Waals surface area contributed by atoms with Crippen molar-refractivity contribution in [2.75, 3.05) is 13.2 Å². The summed E-state index contributed by atoms with van der Waals surface area (Å²) in [6, 6.07) is 8.46. The molecule has 1 aromatic rings. The molecule has 2 rings (SSSR count). The summed E-state index contributed by atoms with van der Waals surface area (Å²) in [6.07, 6.45) is 4.72. The molecule has 3 atom stereocenters. The number of aryl methyl sites for hydroxylation is 1. The molecule has 0 bridgehead atoms. The van der Waals surface area contributed by atoms with Crippen LogP contribution in [0.1, 0.15) is 38.2 Å². The van der Waals surface area contributed by atoms with Crippen molar-refractivity contribution >= 4 is 0 Å². The van der Waals surface area contributed by atoms with Crippen molar-refractivity contribution in [2.45, 2.75) is 51.7 Å². The maximum absolute atomic E-state index is 10.0. The van der Waals surface area contributed by atoms with Crippen molar-refractivity contribution in [3.63, 3.8) is 0 Å². The van der Waals surface area contributed by atoms with Crippen LogP contribution < -0.4 is 10.1 Å². The van der Waals surface area contributed by atoms with E-state index in [0.717, 1.165) is 11.3 Å². The van der Waals surface area contributed by atoms with E-state index in [-0.39, 0.29) is 0 Å². The summed E-state index contributed by atoms with van der Waals surface area (Å²) >= 11 is 0. The Balaban J connectivity index is 1.70. The molecule has 0 heterocycles. The van der Waals surface area contributed by atoms with Gasteiger partial charge in [0.15, 0.2) is 0 Å². The van der Waals surface area contributed by atoms with Gasteiger partial charge in [0, 0.05) is 12.6 Å². The van der Waals surface area contributed by atoms with Crippen LogP contribution in [0.3, 0.4) is 0 Å². The van der Waals surface area contributed by atoms with Gasteiger partial charge in [0.1, 0.15) is 18.5 Å². The summed E-state index contributed by atoms with van der Waals surface area (Å²) in [5.74, 6) is 1.57. The Hall–Kier alpha value is -1.06. The molecule has 0 spiro atoms. The maximum atomic E-state index is 10.0. The van der Waals surface area contributed by atoms with Crippen LogP contribution in [-0.2, 0) is 0 Å². The highest BCUT2D eigenvalue weighted by Gasteiger charge is 2.21. The van der Waals surface area contributed by atoms with E-state index in [0.29, 0.717) is 25.1 Å². The summed E-state index contributed by atoms with van der Waals surface area (Å²) in [5.41, 5.74) is 1.11. The zero-order valence-corrected chi connectivity index (χ0v) is 12.6. The SMILES string of the molecule is Cc1ccccc1OCC(O)CNC1CCCCC1C. The van der Waals surface area contributed by atoms with Gasteiger partial charge in [0.25, 0.3) is 0 Å². The molecule has 3 heteroatoms. The standard InChI is InChI=1S/C17H27NO2/c1-13-7-3-5-9-16(13)18-11-15(19)12-20-17-10-6-4-8-14(17)2/h4,6,8,10,13,15-16,18-19H,3,5,7,9,11-12H2,1-2H3. The Morgan fingerprint density at radius 3 is 2.80 bits per heavy atom. The summed E-state index contributed by atoms with van der Waals surface area (Å²) in [4.78, 5) is 0. The molecule has 112 valence electrons. The van der Waals surface area contributed by atoms with Gasteiger partial charge in [0.2, 0.25) is 0 Å². The molecule has 0 aliphatic heterocycles. The third-order valence-corrected chi connectivity index (χ3v) is 4.25. The van der Waals surface area contributed by atoms with Crippen LogP contribution in [0.4, 0.5) is 0 Å². The first-order chi connectivity index (χ1) is 9.66. The van der Waals surface area contributed by atoms with Crippen molar-refractivity contribution < 1.29 is 9.84 Å². The van der Waals surface area contributed by atoms with Gasteiger partial charge in [-0.15, -0.1) is 0 Å². The molecule has 0 amide bonds. The molecular weight excluding hydrogens is 250 g/mol. The number of aliphatic hydroxyl groups is 1. The number of para-hydroxylation sites is 1. The Labute approximate surface area is 122 Å². The second-order valence-corrected chi connectivity index (χ2v) is 6.01. The van der Waals surface area contributed by atoms with E-state index < -0.39 is 6.10 Å². The molecule has 1 aliphatic carbocycles. The normalized spacial score (nSPS) is 24.4. The molecule has 0 saturated heterocycles. The lowest BCUT2D eigenvalue weighted by atomic mass is 9.86. The molecule has 1 fully saturated rings. The van der Waals surface area contributed by atoms with E-state index in [1.807, 2.05) is 31.2 Å². The molecule has 0 aromatic heterocycles. The van der Waals surface area contributed by atoms with Crippen molar-refractivity contribution in [2.24, 2.45) is 5.92 Å². The predicted molar refractivity (Wildman–Crippen MR) is 82.1 cm³/mol.